The second-order valence-corrected chi connectivity index (χ2v) is 7.72. The van der Waals surface area contributed by atoms with Crippen LogP contribution in [0, 0.1) is 6.92 Å². The van der Waals surface area contributed by atoms with Gasteiger partial charge in [0, 0.05) is 25.4 Å². The molecule has 0 spiro atoms. The van der Waals surface area contributed by atoms with E-state index in [1.807, 2.05) is 0 Å². The Morgan fingerprint density at radius 1 is 1.09 bits per heavy atom. The predicted molar refractivity (Wildman–Crippen MR) is 131 cm³/mol. The largest absolute Gasteiger partial charge is 0.505 e. The number of aromatic hydroxyl groups is 1. The summed E-state index contributed by atoms with van der Waals surface area (Å²) in [6.07, 6.45) is 1.15. The number of hydrogen-bond acceptors (Lipinski definition) is 6. The van der Waals surface area contributed by atoms with Crippen LogP contribution in [0.25, 0.3) is 11.1 Å². The van der Waals surface area contributed by atoms with Gasteiger partial charge in [-0.25, -0.2) is 4.79 Å². The number of aryl methyl sites for hydroxylation is 2. The fourth-order valence-corrected chi connectivity index (χ4v) is 3.71. The molecule has 0 aliphatic rings. The normalized spacial score (nSPS) is 10.5. The SMILES string of the molecule is COc1cccc(OC)c1-c1cccc(N(C(=O)NCCC(=O)O)c2c(O)c(C)cn(C)c2=O)c1. The van der Waals surface area contributed by atoms with Gasteiger partial charge in [-0.2, -0.15) is 0 Å². The van der Waals surface area contributed by atoms with Gasteiger partial charge < -0.3 is 29.6 Å². The van der Waals surface area contributed by atoms with Gasteiger partial charge in [-0.15, -0.1) is 0 Å². The molecule has 3 rings (SSSR count). The van der Waals surface area contributed by atoms with Crippen LogP contribution in [0.2, 0.25) is 0 Å². The Balaban J connectivity index is 2.21. The Labute approximate surface area is 202 Å². The minimum Gasteiger partial charge on any atom is -0.505 e. The predicted octanol–water partition coefficient (Wildman–Crippen LogP) is 3.41. The molecule has 3 N–H and O–H groups in total. The molecule has 0 aliphatic carbocycles. The summed E-state index contributed by atoms with van der Waals surface area (Å²) in [5.41, 5.74) is 1.04. The number of aliphatic carboxylic acids is 1. The van der Waals surface area contributed by atoms with Crippen LogP contribution in [0.3, 0.4) is 0 Å². The van der Waals surface area contributed by atoms with Crippen molar-refractivity contribution in [3.05, 3.63) is 64.6 Å². The molecule has 1 heterocycles. The minimum atomic E-state index is -1.09. The molecule has 0 atom stereocenters. The summed E-state index contributed by atoms with van der Waals surface area (Å²) in [6.45, 7) is 1.44. The van der Waals surface area contributed by atoms with Crippen molar-refractivity contribution in [1.82, 2.24) is 9.88 Å². The van der Waals surface area contributed by atoms with Crippen LogP contribution >= 0.6 is 0 Å². The first kappa shape index (κ1) is 25.2. The maximum atomic E-state index is 13.3. The molecule has 2 amide bonds. The van der Waals surface area contributed by atoms with Crippen molar-refractivity contribution >= 4 is 23.4 Å². The first-order chi connectivity index (χ1) is 16.7. The minimum absolute atomic E-state index is 0.169. The van der Waals surface area contributed by atoms with E-state index in [1.165, 1.54) is 32.0 Å². The number of carbonyl (C=O) groups excluding carboxylic acids is 1. The number of anilines is 2. The highest BCUT2D eigenvalue weighted by Gasteiger charge is 2.27. The zero-order valence-electron chi connectivity index (χ0n) is 19.9. The lowest BCUT2D eigenvalue weighted by molar-refractivity contribution is -0.136. The average Bonchev–Trinajstić information content (AvgIpc) is 2.84. The standard InChI is InChI=1S/C25H27N3O7/c1-15-14-27(2)24(32)22(23(15)31)28(25(33)26-12-11-20(29)30)17-8-5-7-16(13-17)21-18(34-3)9-6-10-19(21)35-4/h5-10,13-14,31H,11-12H2,1-4H3,(H,26,33)(H,29,30). The first-order valence-corrected chi connectivity index (χ1v) is 10.7. The van der Waals surface area contributed by atoms with Gasteiger partial charge in [-0.05, 0) is 36.8 Å². The molecule has 0 saturated heterocycles. The molecule has 0 bridgehead atoms. The topological polar surface area (TPSA) is 130 Å². The highest BCUT2D eigenvalue weighted by molar-refractivity contribution is 6.01. The van der Waals surface area contributed by atoms with E-state index in [-0.39, 0.29) is 30.1 Å². The van der Waals surface area contributed by atoms with Crippen LogP contribution in [0.4, 0.5) is 16.2 Å². The fraction of sp³-hybridized carbons (Fsp3) is 0.240. The number of aromatic nitrogens is 1. The number of ether oxygens (including phenoxy) is 2. The van der Waals surface area contributed by atoms with Gasteiger partial charge in [0.1, 0.15) is 17.2 Å². The van der Waals surface area contributed by atoms with Crippen LogP contribution in [-0.2, 0) is 11.8 Å². The Morgan fingerprint density at radius 2 is 1.71 bits per heavy atom. The Kier molecular flexibility index (Phi) is 7.65. The number of nitrogens with one attached hydrogen (secondary N) is 1. The van der Waals surface area contributed by atoms with Crippen molar-refractivity contribution in [3.8, 4) is 28.4 Å². The van der Waals surface area contributed by atoms with E-state index in [9.17, 15) is 19.5 Å². The number of carbonyl (C=O) groups is 2. The van der Waals surface area contributed by atoms with Gasteiger partial charge in [0.2, 0.25) is 0 Å². The van der Waals surface area contributed by atoms with Crippen LogP contribution < -0.4 is 25.2 Å². The molecule has 1 aromatic heterocycles. The molecular weight excluding hydrogens is 454 g/mol. The van der Waals surface area contributed by atoms with E-state index < -0.39 is 17.6 Å². The van der Waals surface area contributed by atoms with Gasteiger partial charge in [0.05, 0.1) is 31.9 Å². The third-order valence-electron chi connectivity index (χ3n) is 5.37. The highest BCUT2D eigenvalue weighted by atomic mass is 16.5. The molecule has 35 heavy (non-hydrogen) atoms. The van der Waals surface area contributed by atoms with Crippen molar-refractivity contribution < 1.29 is 29.3 Å². The number of benzene rings is 2. The average molecular weight is 482 g/mol. The van der Waals surface area contributed by atoms with E-state index in [4.69, 9.17) is 14.6 Å². The molecule has 0 aliphatic heterocycles. The molecular formula is C25H27N3O7. The Bertz CT molecular complexity index is 1290. The van der Waals surface area contributed by atoms with Gasteiger partial charge >= 0.3 is 12.0 Å². The molecule has 0 fully saturated rings. The van der Waals surface area contributed by atoms with Crippen molar-refractivity contribution in [3.63, 3.8) is 0 Å². The maximum absolute atomic E-state index is 13.3. The number of urea groups is 1. The number of nitrogens with zero attached hydrogens (tertiary/aromatic N) is 2. The molecule has 184 valence electrons. The first-order valence-electron chi connectivity index (χ1n) is 10.7. The van der Waals surface area contributed by atoms with Crippen molar-refractivity contribution in [2.75, 3.05) is 25.7 Å². The summed E-state index contributed by atoms with van der Waals surface area (Å²) in [7, 11) is 4.56. The molecule has 10 heteroatoms. The molecule has 3 aromatic rings. The number of hydrogen-bond donors (Lipinski definition) is 3. The smallest absolute Gasteiger partial charge is 0.326 e. The number of carboxylic acids is 1. The fourth-order valence-electron chi connectivity index (χ4n) is 3.71. The van der Waals surface area contributed by atoms with E-state index >= 15 is 0 Å². The van der Waals surface area contributed by atoms with E-state index in [1.54, 1.807) is 49.4 Å². The Hall–Kier alpha value is -4.47. The van der Waals surface area contributed by atoms with Crippen molar-refractivity contribution in [2.45, 2.75) is 13.3 Å². The lowest BCUT2D eigenvalue weighted by atomic mass is 10.0. The number of carboxylic acid groups (broad SMARTS) is 1. The monoisotopic (exact) mass is 481 g/mol. The zero-order valence-corrected chi connectivity index (χ0v) is 19.9. The Morgan fingerprint density at radius 3 is 2.31 bits per heavy atom. The lowest BCUT2D eigenvalue weighted by Crippen LogP contribution is -2.41. The third-order valence-corrected chi connectivity index (χ3v) is 5.37. The molecule has 0 radical (unpaired) electrons. The maximum Gasteiger partial charge on any atom is 0.326 e. The van der Waals surface area contributed by atoms with Crippen molar-refractivity contribution in [1.29, 1.82) is 0 Å². The van der Waals surface area contributed by atoms with Gasteiger partial charge in [-0.3, -0.25) is 14.5 Å². The molecule has 0 saturated carbocycles. The summed E-state index contributed by atoms with van der Waals surface area (Å²) in [5.74, 6) is -0.375. The summed E-state index contributed by atoms with van der Waals surface area (Å²) in [5, 5.41) is 22.2. The molecule has 0 unspecified atom stereocenters. The summed E-state index contributed by atoms with van der Waals surface area (Å²) < 4.78 is 12.3. The van der Waals surface area contributed by atoms with Gasteiger partial charge in [-0.1, -0.05) is 18.2 Å². The van der Waals surface area contributed by atoms with E-state index in [0.29, 0.717) is 28.2 Å². The van der Waals surface area contributed by atoms with Crippen LogP contribution in [0.1, 0.15) is 12.0 Å². The van der Waals surface area contributed by atoms with E-state index in [2.05, 4.69) is 5.32 Å². The summed E-state index contributed by atoms with van der Waals surface area (Å²) in [4.78, 5) is 38.3. The van der Waals surface area contributed by atoms with Gasteiger partial charge in [0.15, 0.2) is 5.69 Å². The quantitative estimate of drug-likeness (QED) is 0.449. The van der Waals surface area contributed by atoms with Crippen molar-refractivity contribution in [2.24, 2.45) is 7.05 Å². The lowest BCUT2D eigenvalue weighted by Gasteiger charge is -2.25. The third kappa shape index (κ3) is 5.21. The van der Waals surface area contributed by atoms with Crippen LogP contribution in [0.5, 0.6) is 17.2 Å². The van der Waals surface area contributed by atoms with Crippen LogP contribution in [0.15, 0.2) is 53.5 Å². The highest BCUT2D eigenvalue weighted by Crippen LogP contribution is 2.41. The zero-order chi connectivity index (χ0) is 25.7. The number of pyridine rings is 1. The number of methoxy groups -OCH3 is 2. The molecule has 10 nitrogen and oxygen atoms in total. The second kappa shape index (κ2) is 10.6. The number of rotatable bonds is 8. The summed E-state index contributed by atoms with van der Waals surface area (Å²) >= 11 is 0. The molecule has 2 aromatic carbocycles. The van der Waals surface area contributed by atoms with E-state index in [0.717, 1.165) is 4.90 Å². The van der Waals surface area contributed by atoms with Crippen LogP contribution in [-0.4, -0.2) is 47.5 Å². The number of amides is 2. The van der Waals surface area contributed by atoms with Gasteiger partial charge in [0.25, 0.3) is 5.56 Å². The second-order valence-electron chi connectivity index (χ2n) is 7.72. The summed E-state index contributed by atoms with van der Waals surface area (Å²) in [6, 6.07) is 11.3.